The molecule has 10 heavy (non-hydrogen) atoms. The first-order valence-corrected chi connectivity index (χ1v) is 4.25. The van der Waals surface area contributed by atoms with Crippen LogP contribution in [0, 0.1) is 0 Å². The molecule has 1 nitrogen and oxygen atoms in total. The molecule has 0 aromatic rings. The second-order valence-electron chi connectivity index (χ2n) is 2.23. The van der Waals surface area contributed by atoms with E-state index in [0.29, 0.717) is 0 Å². The van der Waals surface area contributed by atoms with Gasteiger partial charge in [0.15, 0.2) is 5.05 Å². The molecule has 0 aliphatic heterocycles. The molecule has 0 amide bonds. The summed E-state index contributed by atoms with van der Waals surface area (Å²) >= 11 is 4.09. The van der Waals surface area contributed by atoms with Crippen LogP contribution in [0.5, 0.6) is 0 Å². The van der Waals surface area contributed by atoms with E-state index in [9.17, 15) is 0 Å². The molecule has 0 aromatic carbocycles. The van der Waals surface area contributed by atoms with Crippen LogP contribution in [0.25, 0.3) is 0 Å². The van der Waals surface area contributed by atoms with E-state index in [4.69, 9.17) is 5.11 Å². The topological polar surface area (TPSA) is 20.2 Å². The van der Waals surface area contributed by atoms with Crippen LogP contribution >= 0.6 is 12.2 Å². The lowest BCUT2D eigenvalue weighted by molar-refractivity contribution is 0.565. The van der Waals surface area contributed by atoms with Gasteiger partial charge in [-0.1, -0.05) is 39.5 Å². The maximum Gasteiger partial charge on any atom is 0.153 e. The Morgan fingerprint density at radius 1 is 1.20 bits per heavy atom. The van der Waals surface area contributed by atoms with Gasteiger partial charge in [0.05, 0.1) is 0 Å². The van der Waals surface area contributed by atoms with Gasteiger partial charge in [0, 0.05) is 6.92 Å². The number of hydrogen-bond acceptors (Lipinski definition) is 1. The molecule has 2 heteroatoms. The third-order valence-corrected chi connectivity index (χ3v) is 0.957. The van der Waals surface area contributed by atoms with Crippen molar-refractivity contribution < 1.29 is 5.11 Å². The fourth-order valence-electron chi connectivity index (χ4n) is 0.500. The van der Waals surface area contributed by atoms with Crippen LogP contribution in [0.4, 0.5) is 0 Å². The molecule has 0 spiro atoms. The van der Waals surface area contributed by atoms with Gasteiger partial charge in [-0.15, -0.1) is 0 Å². The average Bonchev–Trinajstić information content (AvgIpc) is 1.82. The van der Waals surface area contributed by atoms with Crippen LogP contribution in [0.1, 0.15) is 46.5 Å². The van der Waals surface area contributed by atoms with Gasteiger partial charge in [0.1, 0.15) is 0 Å². The van der Waals surface area contributed by atoms with E-state index in [1.165, 1.54) is 32.6 Å². The fraction of sp³-hybridized carbons (Fsp3) is 0.875. The minimum absolute atomic E-state index is 0.000000000000000222. The van der Waals surface area contributed by atoms with Gasteiger partial charge in [-0.2, -0.15) is 0 Å². The van der Waals surface area contributed by atoms with E-state index in [0.717, 1.165) is 0 Å². The lowest BCUT2D eigenvalue weighted by atomic mass is 10.2. The first-order chi connectivity index (χ1) is 4.65. The first kappa shape index (κ1) is 12.6. The quantitative estimate of drug-likeness (QED) is 0.506. The number of aliphatic hydroxyl groups is 1. The highest BCUT2D eigenvalue weighted by atomic mass is 32.1. The Morgan fingerprint density at radius 3 is 1.50 bits per heavy atom. The normalized spacial score (nSPS) is 7.90. The maximum absolute atomic E-state index is 7.79. The molecule has 0 atom stereocenters. The van der Waals surface area contributed by atoms with Crippen molar-refractivity contribution in [3.8, 4) is 0 Å². The number of unbranched alkanes of at least 4 members (excludes halogenated alkanes) is 3. The van der Waals surface area contributed by atoms with E-state index >= 15 is 0 Å². The summed E-state index contributed by atoms with van der Waals surface area (Å²) in [6.07, 6.45) is 5.54. The zero-order valence-electron chi connectivity index (χ0n) is 7.18. The van der Waals surface area contributed by atoms with Crippen molar-refractivity contribution in [2.24, 2.45) is 0 Å². The maximum atomic E-state index is 7.79. The van der Waals surface area contributed by atoms with Crippen molar-refractivity contribution in [3.63, 3.8) is 0 Å². The molecule has 0 aliphatic rings. The van der Waals surface area contributed by atoms with Gasteiger partial charge in [-0.3, -0.25) is 0 Å². The largest absolute Gasteiger partial charge is 0.502 e. The Kier molecular flexibility index (Phi) is 14.6. The van der Waals surface area contributed by atoms with E-state index in [-0.39, 0.29) is 5.05 Å². The predicted octanol–water partition coefficient (Wildman–Crippen LogP) is 3.48. The summed E-state index contributed by atoms with van der Waals surface area (Å²) in [7, 11) is 0. The van der Waals surface area contributed by atoms with Gasteiger partial charge in [0.25, 0.3) is 0 Å². The minimum Gasteiger partial charge on any atom is -0.502 e. The zero-order valence-corrected chi connectivity index (χ0v) is 8.00. The first-order valence-electron chi connectivity index (χ1n) is 3.84. The highest BCUT2D eigenvalue weighted by Crippen LogP contribution is 1.95. The number of thiocarbonyl (C=S) groups is 1. The molecule has 0 rings (SSSR count). The number of aliphatic hydroxyl groups excluding tert-OH is 1. The van der Waals surface area contributed by atoms with E-state index in [1.54, 1.807) is 0 Å². The standard InChI is InChI=1S/C6H14.C2H4OS/c1-3-5-6-4-2;1-2(3)4/h3-6H2,1-2H3;1H3,(H,3,4). The van der Waals surface area contributed by atoms with Crippen LogP contribution in [0.3, 0.4) is 0 Å². The molecule has 0 bridgehead atoms. The van der Waals surface area contributed by atoms with Crippen molar-refractivity contribution in [3.05, 3.63) is 0 Å². The Hall–Kier alpha value is -0.110. The van der Waals surface area contributed by atoms with Gasteiger partial charge in [0.2, 0.25) is 0 Å². The summed E-state index contributed by atoms with van der Waals surface area (Å²) in [5.41, 5.74) is 0. The van der Waals surface area contributed by atoms with Crippen LogP contribution in [0.15, 0.2) is 0 Å². The molecular weight excluding hydrogens is 144 g/mol. The van der Waals surface area contributed by atoms with Crippen molar-refractivity contribution in [1.29, 1.82) is 0 Å². The summed E-state index contributed by atoms with van der Waals surface area (Å²) < 4.78 is 0. The Balaban J connectivity index is 0. The molecular formula is C8H18OS. The average molecular weight is 162 g/mol. The van der Waals surface area contributed by atoms with Crippen molar-refractivity contribution in [1.82, 2.24) is 0 Å². The van der Waals surface area contributed by atoms with Gasteiger partial charge in [-0.05, 0) is 12.2 Å². The van der Waals surface area contributed by atoms with Gasteiger partial charge < -0.3 is 5.11 Å². The molecule has 0 fully saturated rings. The summed E-state index contributed by atoms with van der Waals surface area (Å²) in [6.45, 7) is 5.92. The fourth-order valence-corrected chi connectivity index (χ4v) is 0.500. The molecule has 0 radical (unpaired) electrons. The third-order valence-electron chi connectivity index (χ3n) is 0.957. The second kappa shape index (κ2) is 11.7. The molecule has 0 aromatic heterocycles. The van der Waals surface area contributed by atoms with Crippen molar-refractivity contribution in [2.45, 2.75) is 46.5 Å². The summed E-state index contributed by atoms with van der Waals surface area (Å²) in [5, 5.41) is 7.79. The Bertz CT molecular complexity index is 63.7. The van der Waals surface area contributed by atoms with Crippen molar-refractivity contribution in [2.75, 3.05) is 0 Å². The molecule has 0 saturated heterocycles. The van der Waals surface area contributed by atoms with Crippen LogP contribution < -0.4 is 0 Å². The van der Waals surface area contributed by atoms with E-state index in [1.807, 2.05) is 0 Å². The number of rotatable bonds is 3. The minimum atomic E-state index is 0.000000000000000222. The number of hydrogen-bond donors (Lipinski definition) is 1. The summed E-state index contributed by atoms with van der Waals surface area (Å²) in [4.78, 5) is 0. The Labute approximate surface area is 69.5 Å². The molecule has 0 heterocycles. The van der Waals surface area contributed by atoms with Gasteiger partial charge in [-0.25, -0.2) is 0 Å². The van der Waals surface area contributed by atoms with Crippen LogP contribution in [-0.4, -0.2) is 10.2 Å². The monoisotopic (exact) mass is 162 g/mol. The Morgan fingerprint density at radius 2 is 1.40 bits per heavy atom. The summed E-state index contributed by atoms with van der Waals surface area (Å²) in [6, 6.07) is 0. The molecule has 62 valence electrons. The summed E-state index contributed by atoms with van der Waals surface area (Å²) in [5.74, 6) is 0. The molecule has 0 saturated carbocycles. The highest BCUT2D eigenvalue weighted by Gasteiger charge is 1.75. The van der Waals surface area contributed by atoms with E-state index in [2.05, 4.69) is 26.1 Å². The molecule has 0 aliphatic carbocycles. The van der Waals surface area contributed by atoms with Crippen LogP contribution in [-0.2, 0) is 0 Å². The smallest absolute Gasteiger partial charge is 0.153 e. The molecule has 1 N–H and O–H groups in total. The van der Waals surface area contributed by atoms with Gasteiger partial charge >= 0.3 is 0 Å². The second-order valence-corrected chi connectivity index (χ2v) is 2.82. The SMILES string of the molecule is CC(O)=S.CCCCCC. The van der Waals surface area contributed by atoms with Crippen molar-refractivity contribution >= 4 is 17.3 Å². The predicted molar refractivity (Wildman–Crippen MR) is 50.7 cm³/mol. The third kappa shape index (κ3) is 44.8. The molecule has 0 unspecified atom stereocenters. The highest BCUT2D eigenvalue weighted by molar-refractivity contribution is 7.79. The lowest BCUT2D eigenvalue weighted by Crippen LogP contribution is -1.72. The van der Waals surface area contributed by atoms with E-state index < -0.39 is 0 Å². The lowest BCUT2D eigenvalue weighted by Gasteiger charge is -1.86. The zero-order chi connectivity index (χ0) is 8.41. The van der Waals surface area contributed by atoms with Crippen LogP contribution in [0.2, 0.25) is 0 Å².